The van der Waals surface area contributed by atoms with Gasteiger partial charge >= 0.3 is 6.18 Å². The van der Waals surface area contributed by atoms with Crippen molar-refractivity contribution in [3.63, 3.8) is 0 Å². The second-order valence-corrected chi connectivity index (χ2v) is 8.14. The molecule has 1 fully saturated rings. The zero-order valence-electron chi connectivity index (χ0n) is 15.9. The van der Waals surface area contributed by atoms with E-state index in [-0.39, 0.29) is 17.9 Å². The van der Waals surface area contributed by atoms with Crippen LogP contribution < -0.4 is 4.74 Å². The van der Waals surface area contributed by atoms with Crippen LogP contribution in [0.1, 0.15) is 54.4 Å². The molecule has 0 aromatic carbocycles. The van der Waals surface area contributed by atoms with Gasteiger partial charge in [-0.15, -0.1) is 0 Å². The first-order valence-corrected chi connectivity index (χ1v) is 10.1. The van der Waals surface area contributed by atoms with Crippen LogP contribution in [-0.2, 0) is 12.6 Å². The molecule has 9 heteroatoms. The van der Waals surface area contributed by atoms with Crippen LogP contribution in [0.2, 0.25) is 0 Å². The Morgan fingerprint density at radius 3 is 2.59 bits per heavy atom. The highest BCUT2D eigenvalue weighted by Gasteiger charge is 2.34. The van der Waals surface area contributed by atoms with Gasteiger partial charge in [-0.25, -0.2) is 9.97 Å². The molecule has 1 aliphatic rings. The van der Waals surface area contributed by atoms with Gasteiger partial charge in [-0.05, 0) is 54.1 Å². The molecular weight excluding hydrogens is 401 g/mol. The summed E-state index contributed by atoms with van der Waals surface area (Å²) in [7, 11) is 0. The summed E-state index contributed by atoms with van der Waals surface area (Å²) >= 11 is 1.13. The zero-order chi connectivity index (χ0) is 20.6. The molecule has 0 saturated heterocycles. The maximum atomic E-state index is 13.4. The van der Waals surface area contributed by atoms with Gasteiger partial charge in [0.25, 0.3) is 0 Å². The second kappa shape index (κ2) is 7.70. The average molecular weight is 420 g/mol. The van der Waals surface area contributed by atoms with Crippen molar-refractivity contribution in [1.82, 2.24) is 19.3 Å². The number of hydrogen-bond donors (Lipinski definition) is 0. The van der Waals surface area contributed by atoms with E-state index in [0.29, 0.717) is 34.1 Å². The zero-order valence-corrected chi connectivity index (χ0v) is 16.7. The van der Waals surface area contributed by atoms with Gasteiger partial charge < -0.3 is 4.74 Å². The third-order valence-electron chi connectivity index (χ3n) is 4.51. The van der Waals surface area contributed by atoms with Crippen molar-refractivity contribution in [3.05, 3.63) is 52.4 Å². The van der Waals surface area contributed by atoms with E-state index in [1.54, 1.807) is 26.1 Å². The number of alkyl halides is 3. The number of aromatic nitrogens is 4. The number of rotatable bonds is 6. The fraction of sp³-hybridized carbons (Fsp3) is 0.400. The molecule has 0 radical (unpaired) electrons. The predicted molar refractivity (Wildman–Crippen MR) is 103 cm³/mol. The maximum Gasteiger partial charge on any atom is 0.416 e. The summed E-state index contributed by atoms with van der Waals surface area (Å²) in [6.07, 6.45) is 1.14. The first kappa shape index (κ1) is 19.8. The van der Waals surface area contributed by atoms with E-state index >= 15 is 0 Å². The van der Waals surface area contributed by atoms with Crippen LogP contribution in [0.25, 0.3) is 11.5 Å². The molecule has 1 aliphatic carbocycles. The van der Waals surface area contributed by atoms with E-state index in [1.165, 1.54) is 6.20 Å². The maximum absolute atomic E-state index is 13.4. The number of halogens is 3. The van der Waals surface area contributed by atoms with E-state index in [9.17, 15) is 13.2 Å². The molecule has 0 unspecified atom stereocenters. The Morgan fingerprint density at radius 1 is 1.17 bits per heavy atom. The van der Waals surface area contributed by atoms with Crippen molar-refractivity contribution in [2.24, 2.45) is 0 Å². The molecule has 0 bridgehead atoms. The fourth-order valence-corrected chi connectivity index (χ4v) is 3.52. The van der Waals surface area contributed by atoms with Crippen molar-refractivity contribution in [1.29, 1.82) is 0 Å². The van der Waals surface area contributed by atoms with Crippen LogP contribution in [0.5, 0.6) is 5.75 Å². The molecule has 0 amide bonds. The summed E-state index contributed by atoms with van der Waals surface area (Å²) in [5, 5.41) is 0.582. The van der Waals surface area contributed by atoms with Gasteiger partial charge in [0.05, 0.1) is 17.9 Å². The van der Waals surface area contributed by atoms with Crippen molar-refractivity contribution >= 4 is 11.5 Å². The first-order chi connectivity index (χ1) is 13.8. The van der Waals surface area contributed by atoms with Crippen LogP contribution in [0, 0.1) is 0 Å². The minimum atomic E-state index is -4.42. The van der Waals surface area contributed by atoms with Gasteiger partial charge in [-0.2, -0.15) is 17.5 Å². The molecule has 0 spiro atoms. The number of nitrogens with zero attached hydrogens (tertiary/aromatic N) is 4. The van der Waals surface area contributed by atoms with Crippen LogP contribution in [0.4, 0.5) is 13.2 Å². The lowest BCUT2D eigenvalue weighted by Gasteiger charge is -2.16. The topological polar surface area (TPSA) is 60.8 Å². The summed E-state index contributed by atoms with van der Waals surface area (Å²) in [5.41, 5.74) is 0.451. The summed E-state index contributed by atoms with van der Waals surface area (Å²) in [6.45, 7) is 3.44. The summed E-state index contributed by atoms with van der Waals surface area (Å²) in [6, 6.07) is 4.71. The number of ether oxygens (including phenoxy) is 1. The van der Waals surface area contributed by atoms with Gasteiger partial charge in [-0.1, -0.05) is 13.8 Å². The Labute approximate surface area is 170 Å². The molecule has 4 rings (SSSR count). The number of pyridine rings is 2. The van der Waals surface area contributed by atoms with Gasteiger partial charge in [0.2, 0.25) is 0 Å². The predicted octanol–water partition coefficient (Wildman–Crippen LogP) is 5.27. The lowest BCUT2D eigenvalue weighted by Crippen LogP contribution is -2.12. The lowest BCUT2D eigenvalue weighted by molar-refractivity contribution is -0.138. The van der Waals surface area contributed by atoms with Gasteiger partial charge in [0.1, 0.15) is 16.5 Å². The Kier molecular flexibility index (Phi) is 5.24. The highest BCUT2D eigenvalue weighted by molar-refractivity contribution is 7.05. The van der Waals surface area contributed by atoms with Crippen LogP contribution in [0.3, 0.4) is 0 Å². The lowest BCUT2D eigenvalue weighted by atomic mass is 9.98. The summed E-state index contributed by atoms with van der Waals surface area (Å²) < 4.78 is 50.1. The monoisotopic (exact) mass is 420 g/mol. The van der Waals surface area contributed by atoms with Gasteiger partial charge in [0, 0.05) is 18.3 Å². The van der Waals surface area contributed by atoms with Gasteiger partial charge in [-0.3, -0.25) is 4.98 Å². The third kappa shape index (κ3) is 4.72. The quantitative estimate of drug-likeness (QED) is 0.544. The Morgan fingerprint density at radius 2 is 1.97 bits per heavy atom. The SMILES string of the molecule is CC(C)c1cnc(Cc2nc(-c3ccc(OC4CC4)cn3)ns2)cc1C(F)(F)F. The molecular formula is C20H19F3N4OS. The van der Waals surface area contributed by atoms with Crippen molar-refractivity contribution in [2.45, 2.75) is 51.3 Å². The molecule has 29 heavy (non-hydrogen) atoms. The van der Waals surface area contributed by atoms with Crippen LogP contribution in [-0.4, -0.2) is 25.4 Å². The highest BCUT2D eigenvalue weighted by atomic mass is 32.1. The smallest absolute Gasteiger partial charge is 0.416 e. The van der Waals surface area contributed by atoms with Crippen molar-refractivity contribution in [2.75, 3.05) is 0 Å². The molecule has 5 nitrogen and oxygen atoms in total. The molecule has 1 saturated carbocycles. The fourth-order valence-electron chi connectivity index (χ4n) is 2.86. The van der Waals surface area contributed by atoms with E-state index in [4.69, 9.17) is 4.74 Å². The Balaban J connectivity index is 1.51. The van der Waals surface area contributed by atoms with Crippen molar-refractivity contribution < 1.29 is 17.9 Å². The summed E-state index contributed by atoms with van der Waals surface area (Å²) in [4.78, 5) is 12.9. The molecule has 3 aromatic rings. The Bertz CT molecular complexity index is 998. The summed E-state index contributed by atoms with van der Waals surface area (Å²) in [5.74, 6) is 0.887. The average Bonchev–Trinajstić information content (AvgIpc) is 3.37. The molecule has 3 heterocycles. The van der Waals surface area contributed by atoms with E-state index in [1.807, 2.05) is 6.07 Å². The molecule has 152 valence electrons. The van der Waals surface area contributed by atoms with Crippen LogP contribution >= 0.6 is 11.5 Å². The minimum absolute atomic E-state index is 0.183. The first-order valence-electron chi connectivity index (χ1n) is 9.31. The van der Waals surface area contributed by atoms with E-state index in [0.717, 1.165) is 30.4 Å². The Hall–Kier alpha value is -2.55. The third-order valence-corrected chi connectivity index (χ3v) is 5.22. The standard InChI is InChI=1S/C20H19F3N4OS/c1-11(2)15-10-24-12(7-16(15)20(21,22)23)8-18-26-19(27-29-18)17-6-5-14(9-25-17)28-13-3-4-13/h5-7,9-11,13H,3-4,8H2,1-2H3. The molecule has 0 atom stereocenters. The highest BCUT2D eigenvalue weighted by Crippen LogP contribution is 2.35. The molecule has 0 aliphatic heterocycles. The van der Waals surface area contributed by atoms with E-state index < -0.39 is 11.7 Å². The van der Waals surface area contributed by atoms with E-state index in [2.05, 4.69) is 19.3 Å². The minimum Gasteiger partial charge on any atom is -0.489 e. The largest absolute Gasteiger partial charge is 0.489 e. The molecule has 3 aromatic heterocycles. The van der Waals surface area contributed by atoms with Crippen LogP contribution in [0.15, 0.2) is 30.6 Å². The second-order valence-electron chi connectivity index (χ2n) is 7.30. The molecule has 0 N–H and O–H groups in total. The van der Waals surface area contributed by atoms with Gasteiger partial charge in [0.15, 0.2) is 5.82 Å². The number of hydrogen-bond acceptors (Lipinski definition) is 6. The normalized spacial score (nSPS) is 14.4. The van der Waals surface area contributed by atoms with Crippen molar-refractivity contribution in [3.8, 4) is 17.3 Å².